The fourth-order valence-electron chi connectivity index (χ4n) is 3.16. The molecule has 0 bridgehead atoms. The molecule has 1 fully saturated rings. The van der Waals surface area contributed by atoms with E-state index in [1.807, 2.05) is 0 Å². The van der Waals surface area contributed by atoms with Crippen molar-refractivity contribution in [2.45, 2.75) is 56.6 Å². The molecule has 3 nitrogen and oxygen atoms in total. The fraction of sp³-hybridized carbons (Fsp3) is 0.857. The molecule has 1 saturated carbocycles. The topological polar surface area (TPSA) is 32.7 Å². The van der Waals surface area contributed by atoms with Crippen molar-refractivity contribution in [3.8, 4) is 0 Å². The molecule has 1 heterocycles. The van der Waals surface area contributed by atoms with Crippen LogP contribution < -0.4 is 0 Å². The van der Waals surface area contributed by atoms with Crippen LogP contribution in [0.25, 0.3) is 0 Å². The van der Waals surface area contributed by atoms with E-state index < -0.39 is 6.10 Å². The molecule has 1 aliphatic heterocycles. The molecule has 0 saturated heterocycles. The lowest BCUT2D eigenvalue weighted by Crippen LogP contribution is -2.55. The molecule has 0 aromatic heterocycles. The van der Waals surface area contributed by atoms with Crippen LogP contribution in [0.1, 0.15) is 44.9 Å². The molecule has 2 rings (SSSR count). The molecule has 1 aliphatic carbocycles. The molecule has 3 heteroatoms. The first-order valence-electron chi connectivity index (χ1n) is 6.85. The molecule has 0 aromatic rings. The van der Waals surface area contributed by atoms with Gasteiger partial charge in [-0.05, 0) is 45.9 Å². The van der Waals surface area contributed by atoms with Crippen LogP contribution in [-0.2, 0) is 4.74 Å². The second kappa shape index (κ2) is 5.40. The summed E-state index contributed by atoms with van der Waals surface area (Å²) in [6.45, 7) is 0.756. The van der Waals surface area contributed by atoms with Crippen molar-refractivity contribution in [1.29, 1.82) is 0 Å². The smallest absolute Gasteiger partial charge is 0.129 e. The maximum absolute atomic E-state index is 10.7. The Kier molecular flexibility index (Phi) is 4.10. The number of hydrogen-bond acceptors (Lipinski definition) is 3. The molecule has 1 atom stereocenters. The van der Waals surface area contributed by atoms with Gasteiger partial charge in [-0.1, -0.05) is 19.3 Å². The van der Waals surface area contributed by atoms with E-state index in [1.54, 1.807) is 0 Å². The predicted molar refractivity (Wildman–Crippen MR) is 68.8 cm³/mol. The summed E-state index contributed by atoms with van der Waals surface area (Å²) in [5.74, 6) is 0.812. The Morgan fingerprint density at radius 2 is 1.94 bits per heavy atom. The first kappa shape index (κ1) is 12.9. The van der Waals surface area contributed by atoms with Gasteiger partial charge in [0.05, 0.1) is 12.1 Å². The van der Waals surface area contributed by atoms with Gasteiger partial charge in [-0.15, -0.1) is 0 Å². The molecule has 98 valence electrons. The van der Waals surface area contributed by atoms with Crippen LogP contribution in [-0.4, -0.2) is 42.4 Å². The lowest BCUT2D eigenvalue weighted by atomic mass is 9.75. The third kappa shape index (κ3) is 2.50. The number of aliphatic hydroxyl groups excluding tert-OH is 1. The first-order chi connectivity index (χ1) is 8.17. The Morgan fingerprint density at radius 1 is 1.24 bits per heavy atom. The quantitative estimate of drug-likeness (QED) is 0.820. The maximum Gasteiger partial charge on any atom is 0.129 e. The Hall–Kier alpha value is -0.540. The summed E-state index contributed by atoms with van der Waals surface area (Å²) < 4.78 is 5.65. The zero-order valence-electron chi connectivity index (χ0n) is 11.1. The maximum atomic E-state index is 10.7. The third-order valence-electron chi connectivity index (χ3n) is 4.35. The zero-order valence-corrected chi connectivity index (χ0v) is 11.1. The number of likely N-dealkylation sites (N-methyl/N-ethyl adjacent to an activating group) is 1. The van der Waals surface area contributed by atoms with E-state index in [9.17, 15) is 5.11 Å². The molecule has 17 heavy (non-hydrogen) atoms. The average Bonchev–Trinajstić information content (AvgIpc) is 2.39. The van der Waals surface area contributed by atoms with Crippen molar-refractivity contribution in [1.82, 2.24) is 4.90 Å². The van der Waals surface area contributed by atoms with Crippen LogP contribution in [0.3, 0.4) is 0 Å². The van der Waals surface area contributed by atoms with Crippen LogP contribution in [0, 0.1) is 0 Å². The summed E-state index contributed by atoms with van der Waals surface area (Å²) in [7, 11) is 4.16. The van der Waals surface area contributed by atoms with E-state index in [4.69, 9.17) is 4.74 Å². The molecule has 1 unspecified atom stereocenters. The minimum absolute atomic E-state index is 0.110. The van der Waals surface area contributed by atoms with E-state index in [-0.39, 0.29) is 5.54 Å². The predicted octanol–water partition coefficient (Wildman–Crippen LogP) is 2.31. The second-order valence-electron chi connectivity index (χ2n) is 5.56. The molecule has 0 amide bonds. The molecule has 0 radical (unpaired) electrons. The van der Waals surface area contributed by atoms with Gasteiger partial charge >= 0.3 is 0 Å². The van der Waals surface area contributed by atoms with E-state index in [0.29, 0.717) is 0 Å². The van der Waals surface area contributed by atoms with Crippen LogP contribution in [0.15, 0.2) is 11.8 Å². The number of hydrogen-bond donors (Lipinski definition) is 1. The number of rotatable bonds is 3. The van der Waals surface area contributed by atoms with Gasteiger partial charge in [0.1, 0.15) is 11.9 Å². The largest absolute Gasteiger partial charge is 0.495 e. The van der Waals surface area contributed by atoms with Gasteiger partial charge in [-0.2, -0.15) is 0 Å². The minimum Gasteiger partial charge on any atom is -0.495 e. The molecule has 0 spiro atoms. The van der Waals surface area contributed by atoms with E-state index in [0.717, 1.165) is 38.0 Å². The lowest BCUT2D eigenvalue weighted by molar-refractivity contribution is -0.0431. The Bertz CT molecular complexity index is 280. The molecule has 0 aromatic carbocycles. The van der Waals surface area contributed by atoms with Gasteiger partial charge in [-0.25, -0.2) is 0 Å². The zero-order chi connectivity index (χ0) is 12.3. The second-order valence-corrected chi connectivity index (χ2v) is 5.56. The molecular formula is C14H25NO2. The van der Waals surface area contributed by atoms with Gasteiger partial charge < -0.3 is 14.7 Å². The fourth-order valence-corrected chi connectivity index (χ4v) is 3.16. The van der Waals surface area contributed by atoms with Crippen molar-refractivity contribution in [3.05, 3.63) is 11.8 Å². The monoisotopic (exact) mass is 239 g/mol. The molecule has 2 aliphatic rings. The van der Waals surface area contributed by atoms with E-state index >= 15 is 0 Å². The van der Waals surface area contributed by atoms with Crippen LogP contribution in [0.4, 0.5) is 0 Å². The Labute approximate surface area is 104 Å². The minimum atomic E-state index is -0.460. The summed E-state index contributed by atoms with van der Waals surface area (Å²) in [5, 5.41) is 10.7. The molecule has 1 N–H and O–H groups in total. The van der Waals surface area contributed by atoms with Crippen LogP contribution in [0.2, 0.25) is 0 Å². The van der Waals surface area contributed by atoms with Gasteiger partial charge in [0, 0.05) is 0 Å². The van der Waals surface area contributed by atoms with Gasteiger partial charge in [-0.3, -0.25) is 0 Å². The highest BCUT2D eigenvalue weighted by molar-refractivity contribution is 5.13. The van der Waals surface area contributed by atoms with Crippen molar-refractivity contribution in [2.75, 3.05) is 20.7 Å². The SMILES string of the molecule is CN(C)C1(C(O)C2=CCCCO2)CCCCC1. The highest BCUT2D eigenvalue weighted by atomic mass is 16.5. The summed E-state index contributed by atoms with van der Waals surface area (Å²) in [4.78, 5) is 2.20. The number of aliphatic hydroxyl groups is 1. The average molecular weight is 239 g/mol. The van der Waals surface area contributed by atoms with Crippen LogP contribution >= 0.6 is 0 Å². The van der Waals surface area contributed by atoms with E-state index in [2.05, 4.69) is 25.1 Å². The van der Waals surface area contributed by atoms with E-state index in [1.165, 1.54) is 19.3 Å². The third-order valence-corrected chi connectivity index (χ3v) is 4.35. The summed E-state index contributed by atoms with van der Waals surface area (Å²) in [6.07, 6.45) is 9.59. The lowest BCUT2D eigenvalue weighted by Gasteiger charge is -2.46. The first-order valence-corrected chi connectivity index (χ1v) is 6.85. The Balaban J connectivity index is 2.17. The normalized spacial score (nSPS) is 26.2. The van der Waals surface area contributed by atoms with Crippen molar-refractivity contribution < 1.29 is 9.84 Å². The van der Waals surface area contributed by atoms with Gasteiger partial charge in [0.25, 0.3) is 0 Å². The van der Waals surface area contributed by atoms with Gasteiger partial charge in [0.15, 0.2) is 0 Å². The number of nitrogens with zero attached hydrogens (tertiary/aromatic N) is 1. The standard InChI is InChI=1S/C14H25NO2/c1-15(2)14(9-5-3-6-10-14)13(16)12-8-4-7-11-17-12/h8,13,16H,3-7,9-11H2,1-2H3. The highest BCUT2D eigenvalue weighted by Crippen LogP contribution is 2.38. The van der Waals surface area contributed by atoms with Crippen molar-refractivity contribution in [3.63, 3.8) is 0 Å². The highest BCUT2D eigenvalue weighted by Gasteiger charge is 2.43. The number of allylic oxidation sites excluding steroid dienone is 1. The summed E-state index contributed by atoms with van der Waals surface area (Å²) >= 11 is 0. The van der Waals surface area contributed by atoms with Crippen molar-refractivity contribution >= 4 is 0 Å². The molecular weight excluding hydrogens is 214 g/mol. The number of ether oxygens (including phenoxy) is 1. The summed E-state index contributed by atoms with van der Waals surface area (Å²) in [5.41, 5.74) is -0.110. The van der Waals surface area contributed by atoms with Crippen LogP contribution in [0.5, 0.6) is 0 Å². The summed E-state index contributed by atoms with van der Waals surface area (Å²) in [6, 6.07) is 0. The van der Waals surface area contributed by atoms with Crippen molar-refractivity contribution in [2.24, 2.45) is 0 Å². The Morgan fingerprint density at radius 3 is 2.47 bits per heavy atom. The van der Waals surface area contributed by atoms with Gasteiger partial charge in [0.2, 0.25) is 0 Å².